The molecule has 2 atom stereocenters. The van der Waals surface area contributed by atoms with E-state index in [4.69, 9.17) is 5.11 Å². The summed E-state index contributed by atoms with van der Waals surface area (Å²) in [6.45, 7) is 0. The van der Waals surface area contributed by atoms with E-state index in [-0.39, 0.29) is 0 Å². The molecule has 0 amide bonds. The van der Waals surface area contributed by atoms with E-state index in [1.807, 2.05) is 6.08 Å². The molecule has 2 bridgehead atoms. The first-order chi connectivity index (χ1) is 4.73. The Morgan fingerprint density at radius 1 is 1.70 bits per heavy atom. The van der Waals surface area contributed by atoms with Crippen LogP contribution in [0.25, 0.3) is 0 Å². The van der Waals surface area contributed by atoms with Crippen LogP contribution in [0.4, 0.5) is 0 Å². The Bertz CT molecular complexity index is 207. The zero-order chi connectivity index (χ0) is 7.19. The second-order valence-electron chi connectivity index (χ2n) is 3.32. The predicted molar refractivity (Wildman–Crippen MR) is 36.5 cm³/mol. The van der Waals surface area contributed by atoms with Crippen LogP contribution in [0.2, 0.25) is 0 Å². The van der Waals surface area contributed by atoms with E-state index < -0.39 is 11.4 Å². The fourth-order valence-electron chi connectivity index (χ4n) is 2.02. The highest BCUT2D eigenvalue weighted by Gasteiger charge is 2.46. The lowest BCUT2D eigenvalue weighted by Crippen LogP contribution is -2.23. The highest BCUT2D eigenvalue weighted by atomic mass is 16.4. The minimum absolute atomic E-state index is 0.454. The van der Waals surface area contributed by atoms with Gasteiger partial charge < -0.3 is 5.11 Å². The molecule has 1 fully saturated rings. The van der Waals surface area contributed by atoms with Crippen LogP contribution in [0.15, 0.2) is 12.2 Å². The van der Waals surface area contributed by atoms with Crippen molar-refractivity contribution in [3.63, 3.8) is 0 Å². The second kappa shape index (κ2) is 1.62. The molecule has 2 aliphatic carbocycles. The average molecular weight is 138 g/mol. The number of carboxylic acids is 1. The Labute approximate surface area is 59.5 Å². The molecule has 0 spiro atoms. The lowest BCUT2D eigenvalue weighted by atomic mass is 9.88. The van der Waals surface area contributed by atoms with Crippen molar-refractivity contribution >= 4 is 5.97 Å². The fraction of sp³-hybridized carbons (Fsp3) is 0.625. The third-order valence-corrected chi connectivity index (χ3v) is 2.70. The van der Waals surface area contributed by atoms with E-state index >= 15 is 0 Å². The molecule has 0 aromatic heterocycles. The summed E-state index contributed by atoms with van der Waals surface area (Å²) in [6, 6.07) is 0. The number of hydrogen-bond acceptors (Lipinski definition) is 1. The van der Waals surface area contributed by atoms with Crippen LogP contribution >= 0.6 is 0 Å². The molecule has 1 N–H and O–H groups in total. The molecule has 2 aliphatic rings. The molecule has 0 saturated heterocycles. The maximum atomic E-state index is 10.7. The van der Waals surface area contributed by atoms with E-state index in [1.54, 1.807) is 0 Å². The maximum absolute atomic E-state index is 10.7. The molecule has 0 aliphatic heterocycles. The van der Waals surface area contributed by atoms with Crippen molar-refractivity contribution in [1.29, 1.82) is 0 Å². The van der Waals surface area contributed by atoms with E-state index in [0.29, 0.717) is 5.92 Å². The summed E-state index contributed by atoms with van der Waals surface area (Å²) in [5.41, 5.74) is -0.454. The van der Waals surface area contributed by atoms with Gasteiger partial charge in [-0.25, -0.2) is 0 Å². The van der Waals surface area contributed by atoms with E-state index in [9.17, 15) is 4.79 Å². The van der Waals surface area contributed by atoms with Gasteiger partial charge in [-0.05, 0) is 25.2 Å². The van der Waals surface area contributed by atoms with Crippen LogP contribution < -0.4 is 0 Å². The molecule has 0 unspecified atom stereocenters. The quantitative estimate of drug-likeness (QED) is 0.556. The zero-order valence-corrected chi connectivity index (χ0v) is 5.71. The molecule has 2 heteroatoms. The zero-order valence-electron chi connectivity index (χ0n) is 5.71. The van der Waals surface area contributed by atoms with Crippen molar-refractivity contribution in [1.82, 2.24) is 0 Å². The molecule has 1 saturated carbocycles. The van der Waals surface area contributed by atoms with Crippen LogP contribution in [0.3, 0.4) is 0 Å². The first kappa shape index (κ1) is 5.96. The van der Waals surface area contributed by atoms with Crippen molar-refractivity contribution in [2.24, 2.45) is 11.3 Å². The van der Waals surface area contributed by atoms with Crippen molar-refractivity contribution in [3.05, 3.63) is 12.2 Å². The van der Waals surface area contributed by atoms with Gasteiger partial charge in [0.1, 0.15) is 0 Å². The monoisotopic (exact) mass is 138 g/mol. The summed E-state index contributed by atoms with van der Waals surface area (Å²) in [7, 11) is 0. The first-order valence-electron chi connectivity index (χ1n) is 3.66. The van der Waals surface area contributed by atoms with Gasteiger partial charge in [0.25, 0.3) is 0 Å². The third kappa shape index (κ3) is 0.564. The number of carboxylic acid groups (broad SMARTS) is 1. The molecule has 2 rings (SSSR count). The minimum atomic E-state index is -0.635. The number of allylic oxidation sites excluding steroid dienone is 1. The van der Waals surface area contributed by atoms with Gasteiger partial charge in [0, 0.05) is 0 Å². The molecule has 2 nitrogen and oxygen atoms in total. The molecule has 10 heavy (non-hydrogen) atoms. The van der Waals surface area contributed by atoms with Crippen molar-refractivity contribution in [2.75, 3.05) is 0 Å². The molecule has 54 valence electrons. The summed E-state index contributed by atoms with van der Waals surface area (Å²) in [5, 5.41) is 8.84. The second-order valence-corrected chi connectivity index (χ2v) is 3.32. The van der Waals surface area contributed by atoms with Crippen LogP contribution in [0, 0.1) is 11.3 Å². The van der Waals surface area contributed by atoms with Gasteiger partial charge >= 0.3 is 5.97 Å². The van der Waals surface area contributed by atoms with Crippen molar-refractivity contribution in [2.45, 2.75) is 19.3 Å². The lowest BCUT2D eigenvalue weighted by Gasteiger charge is -2.15. The smallest absolute Gasteiger partial charge is 0.313 e. The third-order valence-electron chi connectivity index (χ3n) is 2.70. The molecular weight excluding hydrogens is 128 g/mol. The molecule has 0 heterocycles. The standard InChI is InChI=1S/C8H10O2/c9-7(10)8-3-1-6(5-8)2-4-8/h1,3,6H,2,4-5H2,(H,9,10)/t6-,8-/m0/s1. The van der Waals surface area contributed by atoms with Crippen LogP contribution in [-0.4, -0.2) is 11.1 Å². The highest BCUT2D eigenvalue weighted by Crippen LogP contribution is 2.49. The van der Waals surface area contributed by atoms with Gasteiger partial charge in [-0.15, -0.1) is 0 Å². The van der Waals surface area contributed by atoms with Crippen molar-refractivity contribution < 1.29 is 9.90 Å². The van der Waals surface area contributed by atoms with E-state index in [0.717, 1.165) is 19.3 Å². The Hall–Kier alpha value is -0.790. The van der Waals surface area contributed by atoms with E-state index in [1.165, 1.54) is 0 Å². The number of hydrogen-bond donors (Lipinski definition) is 1. The molecular formula is C8H10O2. The SMILES string of the molecule is O=C(O)[C@@]12C=C[C@@H](CC1)C2. The Morgan fingerprint density at radius 3 is 2.70 bits per heavy atom. The van der Waals surface area contributed by atoms with Gasteiger partial charge in [-0.2, -0.15) is 0 Å². The number of aliphatic carboxylic acids is 1. The largest absolute Gasteiger partial charge is 0.481 e. The number of fused-ring (bicyclic) bond motifs is 2. The first-order valence-corrected chi connectivity index (χ1v) is 3.66. The fourth-order valence-corrected chi connectivity index (χ4v) is 2.02. The van der Waals surface area contributed by atoms with Crippen LogP contribution in [0.5, 0.6) is 0 Å². The lowest BCUT2D eigenvalue weighted by molar-refractivity contribution is -0.145. The van der Waals surface area contributed by atoms with Gasteiger partial charge in [0.15, 0.2) is 0 Å². The predicted octanol–water partition coefficient (Wildman–Crippen LogP) is 1.43. The Balaban J connectivity index is 2.32. The van der Waals surface area contributed by atoms with Crippen LogP contribution in [0.1, 0.15) is 19.3 Å². The van der Waals surface area contributed by atoms with Gasteiger partial charge in [0.05, 0.1) is 5.41 Å². The highest BCUT2D eigenvalue weighted by molar-refractivity contribution is 5.78. The van der Waals surface area contributed by atoms with Gasteiger partial charge in [-0.1, -0.05) is 12.2 Å². The topological polar surface area (TPSA) is 37.3 Å². The Kier molecular flexibility index (Phi) is 0.967. The normalized spacial score (nSPS) is 42.6. The summed E-state index contributed by atoms with van der Waals surface area (Å²) in [5.74, 6) is -0.0696. The molecule has 0 aromatic rings. The van der Waals surface area contributed by atoms with Gasteiger partial charge in [0.2, 0.25) is 0 Å². The molecule has 0 aromatic carbocycles. The average Bonchev–Trinajstić information content (AvgIpc) is 2.45. The molecule has 0 radical (unpaired) electrons. The van der Waals surface area contributed by atoms with Crippen molar-refractivity contribution in [3.8, 4) is 0 Å². The summed E-state index contributed by atoms with van der Waals surface area (Å²) in [6.07, 6.45) is 6.70. The Morgan fingerprint density at radius 2 is 2.50 bits per heavy atom. The van der Waals surface area contributed by atoms with E-state index in [2.05, 4.69) is 6.08 Å². The maximum Gasteiger partial charge on any atom is 0.313 e. The number of rotatable bonds is 1. The minimum Gasteiger partial charge on any atom is -0.481 e. The van der Waals surface area contributed by atoms with Crippen LogP contribution in [-0.2, 0) is 4.79 Å². The summed E-state index contributed by atoms with van der Waals surface area (Å²) < 4.78 is 0. The van der Waals surface area contributed by atoms with Gasteiger partial charge in [-0.3, -0.25) is 4.79 Å². The summed E-state index contributed by atoms with van der Waals surface area (Å²) in [4.78, 5) is 10.7. The number of carbonyl (C=O) groups is 1. The summed E-state index contributed by atoms with van der Waals surface area (Å²) >= 11 is 0.